The minimum absolute atomic E-state index is 0.0774. The lowest BCUT2D eigenvalue weighted by Gasteiger charge is -2.28. The maximum Gasteiger partial charge on any atom is 0.309 e. The predicted molar refractivity (Wildman–Crippen MR) is 125 cm³/mol. The van der Waals surface area contributed by atoms with E-state index in [0.717, 1.165) is 37.2 Å². The number of nitrogens with one attached hydrogen (secondary N) is 2. The van der Waals surface area contributed by atoms with Crippen LogP contribution in [0.2, 0.25) is 0 Å². The summed E-state index contributed by atoms with van der Waals surface area (Å²) in [5.74, 6) is -1.12. The van der Waals surface area contributed by atoms with Crippen molar-refractivity contribution >= 4 is 17.5 Å². The Balaban J connectivity index is 1.49. The van der Waals surface area contributed by atoms with Crippen LogP contribution in [0.25, 0.3) is 0 Å². The Morgan fingerprint density at radius 3 is 2.23 bits per heavy atom. The summed E-state index contributed by atoms with van der Waals surface area (Å²) in [6, 6.07) is 18.6. The highest BCUT2D eigenvalue weighted by Crippen LogP contribution is 2.26. The highest BCUT2D eigenvalue weighted by Gasteiger charge is 2.25. The molecule has 0 aromatic heterocycles. The van der Waals surface area contributed by atoms with Crippen molar-refractivity contribution in [1.82, 2.24) is 15.5 Å². The van der Waals surface area contributed by atoms with Crippen LogP contribution >= 0.6 is 0 Å². The van der Waals surface area contributed by atoms with Crippen molar-refractivity contribution in [2.45, 2.75) is 31.7 Å². The second-order valence-electron chi connectivity index (χ2n) is 8.30. The van der Waals surface area contributed by atoms with Crippen LogP contribution in [0, 0.1) is 0 Å². The van der Waals surface area contributed by atoms with Gasteiger partial charge in [0.15, 0.2) is 0 Å². The molecule has 2 amide bonds. The molecule has 1 fully saturated rings. The Bertz CT molecular complexity index is 830. The van der Waals surface area contributed by atoms with Crippen molar-refractivity contribution in [2.75, 3.05) is 45.2 Å². The largest absolute Gasteiger partial charge is 0.378 e. The standard InChI is InChI=1S/C25H34N4O2/c1-28(2)22-14-12-21(13-15-22)23(29-17-6-7-18-29)19-27-25(31)24(30)26-16-8-11-20-9-4-3-5-10-20/h3-5,9-10,12-15,23H,6-8,11,16-19H2,1-2H3,(H,26,30)(H,27,31)/t23-/m0/s1. The van der Waals surface area contributed by atoms with Gasteiger partial charge in [-0.05, 0) is 62.0 Å². The average molecular weight is 423 g/mol. The number of amides is 2. The molecule has 0 unspecified atom stereocenters. The molecule has 0 aliphatic carbocycles. The van der Waals surface area contributed by atoms with Crippen molar-refractivity contribution in [3.05, 3.63) is 65.7 Å². The number of carbonyl (C=O) groups excluding carboxylic acids is 2. The van der Waals surface area contributed by atoms with Crippen LogP contribution in [0.1, 0.15) is 36.4 Å². The first-order chi connectivity index (χ1) is 15.0. The molecule has 0 saturated carbocycles. The summed E-state index contributed by atoms with van der Waals surface area (Å²) in [6.45, 7) is 2.95. The molecular formula is C25H34N4O2. The summed E-state index contributed by atoms with van der Waals surface area (Å²) in [7, 11) is 4.04. The molecule has 1 heterocycles. The second-order valence-corrected chi connectivity index (χ2v) is 8.30. The summed E-state index contributed by atoms with van der Waals surface area (Å²) >= 11 is 0. The summed E-state index contributed by atoms with van der Waals surface area (Å²) in [4.78, 5) is 29.0. The van der Waals surface area contributed by atoms with E-state index in [-0.39, 0.29) is 6.04 Å². The molecule has 31 heavy (non-hydrogen) atoms. The van der Waals surface area contributed by atoms with Gasteiger partial charge in [-0.15, -0.1) is 0 Å². The third-order valence-corrected chi connectivity index (χ3v) is 5.81. The number of likely N-dealkylation sites (tertiary alicyclic amines) is 1. The van der Waals surface area contributed by atoms with Gasteiger partial charge in [0.2, 0.25) is 0 Å². The van der Waals surface area contributed by atoms with Crippen LogP contribution in [0.4, 0.5) is 5.69 Å². The fourth-order valence-corrected chi connectivity index (χ4v) is 3.99. The summed E-state index contributed by atoms with van der Waals surface area (Å²) in [5.41, 5.74) is 3.54. The zero-order valence-electron chi connectivity index (χ0n) is 18.6. The molecule has 0 bridgehead atoms. The van der Waals surface area contributed by atoms with Gasteiger partial charge in [-0.25, -0.2) is 0 Å². The third-order valence-electron chi connectivity index (χ3n) is 5.81. The number of anilines is 1. The van der Waals surface area contributed by atoms with Crippen molar-refractivity contribution in [3.63, 3.8) is 0 Å². The maximum atomic E-state index is 12.4. The molecule has 2 aromatic rings. The maximum absolute atomic E-state index is 12.4. The smallest absolute Gasteiger partial charge is 0.309 e. The Morgan fingerprint density at radius 2 is 1.58 bits per heavy atom. The molecule has 0 spiro atoms. The van der Waals surface area contributed by atoms with Crippen molar-refractivity contribution in [2.24, 2.45) is 0 Å². The molecule has 2 aromatic carbocycles. The molecule has 6 heteroatoms. The lowest BCUT2D eigenvalue weighted by Crippen LogP contribution is -2.44. The number of aryl methyl sites for hydroxylation is 1. The molecule has 1 aliphatic heterocycles. The van der Waals surface area contributed by atoms with E-state index in [1.807, 2.05) is 32.3 Å². The zero-order valence-corrected chi connectivity index (χ0v) is 18.6. The van der Waals surface area contributed by atoms with Crippen LogP contribution < -0.4 is 15.5 Å². The van der Waals surface area contributed by atoms with Gasteiger partial charge in [0.05, 0.1) is 6.04 Å². The number of benzene rings is 2. The SMILES string of the molecule is CN(C)c1ccc([C@H](CNC(=O)C(=O)NCCCc2ccccc2)N2CCCC2)cc1. The van der Waals surface area contributed by atoms with Gasteiger partial charge < -0.3 is 15.5 Å². The van der Waals surface area contributed by atoms with Crippen LogP contribution in [0.3, 0.4) is 0 Å². The van der Waals surface area contributed by atoms with E-state index in [0.29, 0.717) is 13.1 Å². The Kier molecular flexibility index (Phi) is 8.47. The van der Waals surface area contributed by atoms with Gasteiger partial charge >= 0.3 is 11.8 Å². The number of hydrogen-bond acceptors (Lipinski definition) is 4. The van der Waals surface area contributed by atoms with Crippen LogP contribution in [0.5, 0.6) is 0 Å². The molecular weight excluding hydrogens is 388 g/mol. The van der Waals surface area contributed by atoms with Gasteiger partial charge in [-0.3, -0.25) is 14.5 Å². The van der Waals surface area contributed by atoms with E-state index in [2.05, 4.69) is 56.8 Å². The Morgan fingerprint density at radius 1 is 0.935 bits per heavy atom. The minimum atomic E-state index is -0.561. The van der Waals surface area contributed by atoms with E-state index in [1.165, 1.54) is 18.4 Å². The van der Waals surface area contributed by atoms with Crippen molar-refractivity contribution < 1.29 is 9.59 Å². The highest BCUT2D eigenvalue weighted by molar-refractivity contribution is 6.35. The van der Waals surface area contributed by atoms with Crippen molar-refractivity contribution in [3.8, 4) is 0 Å². The third kappa shape index (κ3) is 6.82. The average Bonchev–Trinajstić information content (AvgIpc) is 3.32. The molecule has 3 rings (SSSR count). The first kappa shape index (κ1) is 22.8. The molecule has 2 N–H and O–H groups in total. The van der Waals surface area contributed by atoms with Gasteiger partial charge in [0.25, 0.3) is 0 Å². The van der Waals surface area contributed by atoms with Gasteiger partial charge in [-0.2, -0.15) is 0 Å². The molecule has 1 atom stereocenters. The van der Waals surface area contributed by atoms with Crippen LogP contribution in [0.15, 0.2) is 54.6 Å². The fourth-order valence-electron chi connectivity index (χ4n) is 3.99. The normalized spacial score (nSPS) is 14.8. The lowest BCUT2D eigenvalue weighted by atomic mass is 10.0. The van der Waals surface area contributed by atoms with E-state index in [4.69, 9.17) is 0 Å². The molecule has 166 valence electrons. The Hall–Kier alpha value is -2.86. The number of hydrogen-bond donors (Lipinski definition) is 2. The topological polar surface area (TPSA) is 64.7 Å². The van der Waals surface area contributed by atoms with Gasteiger partial charge in [-0.1, -0.05) is 42.5 Å². The second kappa shape index (κ2) is 11.5. The van der Waals surface area contributed by atoms with Crippen molar-refractivity contribution in [1.29, 1.82) is 0 Å². The predicted octanol–water partition coefficient (Wildman–Crippen LogP) is 2.75. The molecule has 6 nitrogen and oxygen atoms in total. The zero-order chi connectivity index (χ0) is 22.1. The molecule has 1 saturated heterocycles. The summed E-state index contributed by atoms with van der Waals surface area (Å²) in [6.07, 6.45) is 4.02. The molecule has 1 aliphatic rings. The van der Waals surface area contributed by atoms with Crippen LogP contribution in [-0.2, 0) is 16.0 Å². The monoisotopic (exact) mass is 422 g/mol. The number of rotatable bonds is 9. The van der Waals surface area contributed by atoms with Gasteiger partial charge in [0.1, 0.15) is 0 Å². The lowest BCUT2D eigenvalue weighted by molar-refractivity contribution is -0.139. The van der Waals surface area contributed by atoms with E-state index < -0.39 is 11.8 Å². The first-order valence-electron chi connectivity index (χ1n) is 11.2. The number of nitrogens with zero attached hydrogens (tertiary/aromatic N) is 2. The highest BCUT2D eigenvalue weighted by atomic mass is 16.2. The van der Waals surface area contributed by atoms with E-state index in [1.54, 1.807) is 0 Å². The molecule has 0 radical (unpaired) electrons. The summed E-state index contributed by atoms with van der Waals surface area (Å²) < 4.78 is 0. The summed E-state index contributed by atoms with van der Waals surface area (Å²) in [5, 5.41) is 5.59. The van der Waals surface area contributed by atoms with E-state index in [9.17, 15) is 9.59 Å². The fraction of sp³-hybridized carbons (Fsp3) is 0.440. The number of carbonyl (C=O) groups is 2. The van der Waals surface area contributed by atoms with Crippen LogP contribution in [-0.4, -0.2) is 57.0 Å². The quantitative estimate of drug-likeness (QED) is 0.482. The van der Waals surface area contributed by atoms with E-state index >= 15 is 0 Å². The van der Waals surface area contributed by atoms with Gasteiger partial charge in [0, 0.05) is 32.9 Å². The first-order valence-corrected chi connectivity index (χ1v) is 11.2. The minimum Gasteiger partial charge on any atom is -0.378 e. The Labute approximate surface area is 185 Å².